The van der Waals surface area contributed by atoms with Gasteiger partial charge < -0.3 is 19.1 Å². The number of nitrogens with zero attached hydrogens (tertiary/aromatic N) is 4. The van der Waals surface area contributed by atoms with Gasteiger partial charge in [0.1, 0.15) is 23.4 Å². The Bertz CT molecular complexity index is 1080. The van der Waals surface area contributed by atoms with E-state index < -0.39 is 0 Å². The number of hydrogen-bond acceptors (Lipinski definition) is 7. The number of aromatic amines is 1. The summed E-state index contributed by atoms with van der Waals surface area (Å²) in [6.45, 7) is 5.53. The summed E-state index contributed by atoms with van der Waals surface area (Å²) in [7, 11) is 1.63. The second-order valence-electron chi connectivity index (χ2n) is 7.62. The zero-order chi connectivity index (χ0) is 22.5. The molecule has 168 valence electrons. The smallest absolute Gasteiger partial charge is 0.257 e. The van der Waals surface area contributed by atoms with Crippen molar-refractivity contribution in [3.05, 3.63) is 65.0 Å². The van der Waals surface area contributed by atoms with Gasteiger partial charge in [0, 0.05) is 30.9 Å². The number of H-pyrrole nitrogens is 1. The van der Waals surface area contributed by atoms with Crippen LogP contribution in [0, 0.1) is 13.8 Å². The molecule has 1 saturated heterocycles. The number of nitrogens with one attached hydrogen (secondary N) is 1. The summed E-state index contributed by atoms with van der Waals surface area (Å²) >= 11 is 0. The number of aryl methyl sites for hydroxylation is 2. The molecule has 9 nitrogen and oxygen atoms in total. The van der Waals surface area contributed by atoms with Crippen molar-refractivity contribution < 1.29 is 19.0 Å². The van der Waals surface area contributed by atoms with Crippen molar-refractivity contribution in [2.45, 2.75) is 26.4 Å². The number of carbonyl (C=O) groups is 1. The van der Waals surface area contributed by atoms with Crippen molar-refractivity contribution in [1.29, 1.82) is 0 Å². The second kappa shape index (κ2) is 9.78. The van der Waals surface area contributed by atoms with E-state index in [4.69, 9.17) is 14.2 Å². The predicted molar refractivity (Wildman–Crippen MR) is 117 cm³/mol. The highest BCUT2D eigenvalue weighted by molar-refractivity contribution is 5.95. The Morgan fingerprint density at radius 1 is 1.28 bits per heavy atom. The van der Waals surface area contributed by atoms with E-state index in [0.717, 1.165) is 22.9 Å². The van der Waals surface area contributed by atoms with Crippen LogP contribution in [-0.4, -0.2) is 64.4 Å². The summed E-state index contributed by atoms with van der Waals surface area (Å²) in [5.41, 5.74) is 2.92. The van der Waals surface area contributed by atoms with Crippen LogP contribution in [0.5, 0.6) is 11.5 Å². The fourth-order valence-electron chi connectivity index (χ4n) is 3.62. The maximum absolute atomic E-state index is 13.0. The van der Waals surface area contributed by atoms with Crippen molar-refractivity contribution in [3.8, 4) is 11.5 Å². The third kappa shape index (κ3) is 5.05. The molecular weight excluding hydrogens is 410 g/mol. The molecule has 1 aromatic carbocycles. The molecule has 0 spiro atoms. The highest BCUT2D eigenvalue weighted by atomic mass is 16.5. The molecule has 0 saturated carbocycles. The van der Waals surface area contributed by atoms with Gasteiger partial charge in [-0.1, -0.05) is 6.07 Å². The van der Waals surface area contributed by atoms with Gasteiger partial charge in [0.05, 0.1) is 43.8 Å². The van der Waals surface area contributed by atoms with Gasteiger partial charge in [-0.25, -0.2) is 9.97 Å². The van der Waals surface area contributed by atoms with Crippen LogP contribution in [0.1, 0.15) is 39.4 Å². The number of ether oxygens (including phenoxy) is 3. The summed E-state index contributed by atoms with van der Waals surface area (Å²) in [6.07, 6.45) is 1.97. The number of morpholine rings is 1. The molecule has 1 amide bonds. The number of amides is 1. The van der Waals surface area contributed by atoms with E-state index in [1.807, 2.05) is 44.2 Å². The number of hydrogen-bond donors (Lipinski definition) is 1. The van der Waals surface area contributed by atoms with Gasteiger partial charge in [-0.2, -0.15) is 5.10 Å². The molecule has 0 bridgehead atoms. The minimum absolute atomic E-state index is 0.0850. The molecule has 3 aromatic rings. The van der Waals surface area contributed by atoms with E-state index in [2.05, 4.69) is 20.2 Å². The highest BCUT2D eigenvalue weighted by Crippen LogP contribution is 2.23. The lowest BCUT2D eigenvalue weighted by atomic mass is 10.1. The lowest BCUT2D eigenvalue weighted by molar-refractivity contribution is -0.0248. The number of methoxy groups -OCH3 is 1. The van der Waals surface area contributed by atoms with E-state index in [9.17, 15) is 4.79 Å². The Balaban J connectivity index is 1.34. The van der Waals surface area contributed by atoms with Crippen molar-refractivity contribution in [3.63, 3.8) is 0 Å². The number of rotatable bonds is 7. The fourth-order valence-corrected chi connectivity index (χ4v) is 3.62. The summed E-state index contributed by atoms with van der Waals surface area (Å²) in [6, 6.07) is 9.47. The normalized spacial score (nSPS) is 16.1. The molecule has 1 fully saturated rings. The van der Waals surface area contributed by atoms with E-state index in [-0.39, 0.29) is 12.0 Å². The molecule has 4 rings (SSSR count). The summed E-state index contributed by atoms with van der Waals surface area (Å²) < 4.78 is 16.9. The zero-order valence-electron chi connectivity index (χ0n) is 18.5. The van der Waals surface area contributed by atoms with Crippen LogP contribution in [-0.2, 0) is 11.2 Å². The molecule has 9 heteroatoms. The van der Waals surface area contributed by atoms with E-state index >= 15 is 0 Å². The minimum Gasteiger partial charge on any atom is -0.497 e. The molecule has 1 N–H and O–H groups in total. The van der Waals surface area contributed by atoms with Crippen LogP contribution in [0.3, 0.4) is 0 Å². The van der Waals surface area contributed by atoms with E-state index in [1.165, 1.54) is 0 Å². The Labute approximate surface area is 186 Å². The van der Waals surface area contributed by atoms with Crippen LogP contribution < -0.4 is 9.47 Å². The average Bonchev–Trinajstić information content (AvgIpc) is 3.28. The Hall–Kier alpha value is -3.46. The second-order valence-corrected chi connectivity index (χ2v) is 7.62. The van der Waals surface area contributed by atoms with Gasteiger partial charge in [-0.05, 0) is 32.0 Å². The molecule has 1 aliphatic rings. The van der Waals surface area contributed by atoms with Crippen molar-refractivity contribution in [2.75, 3.05) is 33.4 Å². The standard InChI is InChI=1S/C23H27N5O4/c1-15-20(13-24-16(2)25-15)23(29)28-8-10-32-22(14-28)21-11-17(26-27-21)7-9-31-19-6-4-5-18(12-19)30-3/h4-6,11-13,22H,7-10,14H2,1-3H3,(H,26,27). The number of benzene rings is 1. The summed E-state index contributed by atoms with van der Waals surface area (Å²) in [5, 5.41) is 7.45. The minimum atomic E-state index is -0.288. The number of aromatic nitrogens is 4. The van der Waals surface area contributed by atoms with Gasteiger partial charge in [-0.3, -0.25) is 9.89 Å². The van der Waals surface area contributed by atoms with Gasteiger partial charge >= 0.3 is 0 Å². The first-order chi connectivity index (χ1) is 15.5. The van der Waals surface area contributed by atoms with E-state index in [0.29, 0.717) is 49.8 Å². The Kier molecular flexibility index (Phi) is 6.65. The van der Waals surface area contributed by atoms with Gasteiger partial charge in [0.15, 0.2) is 0 Å². The van der Waals surface area contributed by atoms with Gasteiger partial charge in [-0.15, -0.1) is 0 Å². The van der Waals surface area contributed by atoms with Gasteiger partial charge in [0.25, 0.3) is 5.91 Å². The largest absolute Gasteiger partial charge is 0.497 e. The van der Waals surface area contributed by atoms with Crippen LogP contribution >= 0.6 is 0 Å². The summed E-state index contributed by atoms with van der Waals surface area (Å²) in [4.78, 5) is 23.2. The first-order valence-corrected chi connectivity index (χ1v) is 10.6. The van der Waals surface area contributed by atoms with Crippen molar-refractivity contribution >= 4 is 5.91 Å². The molecule has 3 heterocycles. The molecular formula is C23H27N5O4. The van der Waals surface area contributed by atoms with Crippen LogP contribution in [0.25, 0.3) is 0 Å². The molecule has 32 heavy (non-hydrogen) atoms. The SMILES string of the molecule is COc1cccc(OCCc2cc(C3CN(C(=O)c4cnc(C)nc4C)CCO3)n[nH]2)c1. The lowest BCUT2D eigenvalue weighted by Gasteiger charge is -2.32. The monoisotopic (exact) mass is 437 g/mol. The highest BCUT2D eigenvalue weighted by Gasteiger charge is 2.28. The van der Waals surface area contributed by atoms with Gasteiger partial charge in [0.2, 0.25) is 0 Å². The molecule has 0 radical (unpaired) electrons. The predicted octanol–water partition coefficient (Wildman–Crippen LogP) is 2.66. The number of carbonyl (C=O) groups excluding carboxylic acids is 1. The molecule has 1 atom stereocenters. The maximum Gasteiger partial charge on any atom is 0.257 e. The molecule has 1 aliphatic heterocycles. The zero-order valence-corrected chi connectivity index (χ0v) is 18.5. The average molecular weight is 438 g/mol. The maximum atomic E-state index is 13.0. The fraction of sp³-hybridized carbons (Fsp3) is 0.391. The van der Waals surface area contributed by atoms with E-state index in [1.54, 1.807) is 18.2 Å². The van der Waals surface area contributed by atoms with Crippen molar-refractivity contribution in [2.24, 2.45) is 0 Å². The van der Waals surface area contributed by atoms with Crippen LogP contribution in [0.4, 0.5) is 0 Å². The van der Waals surface area contributed by atoms with Crippen molar-refractivity contribution in [1.82, 2.24) is 25.1 Å². The third-order valence-electron chi connectivity index (χ3n) is 5.35. The molecule has 1 unspecified atom stereocenters. The first kappa shape index (κ1) is 21.8. The molecule has 0 aliphatic carbocycles. The summed E-state index contributed by atoms with van der Waals surface area (Å²) in [5.74, 6) is 2.08. The molecule has 2 aromatic heterocycles. The quantitative estimate of drug-likeness (QED) is 0.606. The first-order valence-electron chi connectivity index (χ1n) is 10.6. The topological polar surface area (TPSA) is 102 Å². The van der Waals surface area contributed by atoms with Crippen LogP contribution in [0.15, 0.2) is 36.5 Å². The van der Waals surface area contributed by atoms with Crippen LogP contribution in [0.2, 0.25) is 0 Å². The lowest BCUT2D eigenvalue weighted by Crippen LogP contribution is -2.42. The Morgan fingerprint density at radius 3 is 2.94 bits per heavy atom. The third-order valence-corrected chi connectivity index (χ3v) is 5.35. The Morgan fingerprint density at radius 2 is 2.12 bits per heavy atom.